The minimum absolute atomic E-state index is 0.196. The fourth-order valence-electron chi connectivity index (χ4n) is 2.40. The van der Waals surface area contributed by atoms with Gasteiger partial charge in [0.2, 0.25) is 0 Å². The third kappa shape index (κ3) is 3.32. The number of halogens is 1. The van der Waals surface area contributed by atoms with Crippen LogP contribution in [0.2, 0.25) is 0 Å². The zero-order chi connectivity index (χ0) is 18.0. The van der Waals surface area contributed by atoms with Crippen LogP contribution in [0.1, 0.15) is 16.7 Å². The number of aromatic nitrogens is 4. The van der Waals surface area contributed by atoms with Gasteiger partial charge in [-0.3, -0.25) is 0 Å². The summed E-state index contributed by atoms with van der Waals surface area (Å²) < 4.78 is 9.05. The molecule has 0 bridgehead atoms. The molecule has 0 aliphatic carbocycles. The van der Waals surface area contributed by atoms with E-state index < -0.39 is 0 Å². The predicted molar refractivity (Wildman–Crippen MR) is 94.5 cm³/mol. The number of aryl methyl sites for hydroxylation is 2. The van der Waals surface area contributed by atoms with Gasteiger partial charge in [0.15, 0.2) is 0 Å². The van der Waals surface area contributed by atoms with E-state index in [0.717, 1.165) is 20.3 Å². The molecule has 3 rings (SSSR count). The number of ether oxygens (including phenoxy) is 1. The average molecular weight is 400 g/mol. The average Bonchev–Trinajstić information content (AvgIpc) is 2.93. The maximum absolute atomic E-state index is 12.2. The molecule has 0 amide bonds. The third-order valence-corrected chi connectivity index (χ3v) is 4.26. The number of hydrogen-bond acceptors (Lipinski definition) is 5. The summed E-state index contributed by atoms with van der Waals surface area (Å²) in [5, 5.41) is 16.9. The first-order valence-electron chi connectivity index (χ1n) is 7.41. The quantitative estimate of drug-likeness (QED) is 0.672. The predicted octanol–water partition coefficient (Wildman–Crippen LogP) is 2.49. The van der Waals surface area contributed by atoms with E-state index in [2.05, 4.69) is 32.4 Å². The summed E-state index contributed by atoms with van der Waals surface area (Å²) in [5.74, 6) is 0.478. The van der Waals surface area contributed by atoms with E-state index in [1.807, 2.05) is 25.1 Å². The van der Waals surface area contributed by atoms with Gasteiger partial charge in [-0.05, 0) is 47.2 Å². The molecule has 3 aromatic rings. The molecule has 0 radical (unpaired) electrons. The smallest absolute Gasteiger partial charge is 0.368 e. The SMILES string of the molecule is Cc1cccc(-n2nnn(C)c2=O)c1COc1ccc(Br)cc1C#N. The van der Waals surface area contributed by atoms with Crippen LogP contribution in [-0.4, -0.2) is 19.8 Å². The van der Waals surface area contributed by atoms with E-state index in [1.54, 1.807) is 25.2 Å². The summed E-state index contributed by atoms with van der Waals surface area (Å²) in [6.45, 7) is 2.12. The Kier molecular flexibility index (Phi) is 4.67. The molecule has 0 saturated carbocycles. The van der Waals surface area contributed by atoms with Crippen molar-refractivity contribution in [2.45, 2.75) is 13.5 Å². The van der Waals surface area contributed by atoms with E-state index in [4.69, 9.17) is 4.74 Å². The van der Waals surface area contributed by atoms with Crippen LogP contribution < -0.4 is 10.4 Å². The Hall–Kier alpha value is -2.92. The van der Waals surface area contributed by atoms with Gasteiger partial charge in [0.1, 0.15) is 18.4 Å². The highest BCUT2D eigenvalue weighted by Gasteiger charge is 2.14. The molecule has 8 heteroatoms. The third-order valence-electron chi connectivity index (χ3n) is 3.77. The maximum Gasteiger partial charge on any atom is 0.368 e. The Balaban J connectivity index is 1.98. The first kappa shape index (κ1) is 16.9. The van der Waals surface area contributed by atoms with Crippen molar-refractivity contribution in [1.82, 2.24) is 19.8 Å². The minimum Gasteiger partial charge on any atom is -0.487 e. The molecule has 0 aliphatic heterocycles. The van der Waals surface area contributed by atoms with Gasteiger partial charge in [-0.15, -0.1) is 0 Å². The number of nitrogens with zero attached hydrogens (tertiary/aromatic N) is 5. The Morgan fingerprint density at radius 3 is 2.76 bits per heavy atom. The van der Waals surface area contributed by atoms with Crippen LogP contribution in [0.4, 0.5) is 0 Å². The second kappa shape index (κ2) is 6.91. The van der Waals surface area contributed by atoms with E-state index in [9.17, 15) is 10.1 Å². The Labute approximate surface area is 152 Å². The van der Waals surface area contributed by atoms with Gasteiger partial charge < -0.3 is 4.74 Å². The lowest BCUT2D eigenvalue weighted by Gasteiger charge is -2.13. The molecule has 0 fully saturated rings. The number of hydrogen-bond donors (Lipinski definition) is 0. The first-order chi connectivity index (χ1) is 12.0. The molecule has 0 spiro atoms. The highest BCUT2D eigenvalue weighted by atomic mass is 79.9. The van der Waals surface area contributed by atoms with Gasteiger partial charge in [-0.1, -0.05) is 28.1 Å². The molecule has 0 atom stereocenters. The summed E-state index contributed by atoms with van der Waals surface area (Å²) >= 11 is 3.33. The van der Waals surface area contributed by atoms with Crippen molar-refractivity contribution in [1.29, 1.82) is 5.26 Å². The van der Waals surface area contributed by atoms with Gasteiger partial charge in [-0.2, -0.15) is 14.6 Å². The van der Waals surface area contributed by atoms with Crippen molar-refractivity contribution in [3.63, 3.8) is 0 Å². The van der Waals surface area contributed by atoms with E-state index in [0.29, 0.717) is 17.0 Å². The van der Waals surface area contributed by atoms with Crippen molar-refractivity contribution in [2.24, 2.45) is 7.05 Å². The van der Waals surface area contributed by atoms with Gasteiger partial charge in [0.05, 0.1) is 11.3 Å². The maximum atomic E-state index is 12.2. The van der Waals surface area contributed by atoms with E-state index in [-0.39, 0.29) is 12.3 Å². The summed E-state index contributed by atoms with van der Waals surface area (Å²) in [5.41, 5.74) is 2.45. The van der Waals surface area contributed by atoms with Gasteiger partial charge in [0, 0.05) is 17.1 Å². The number of rotatable bonds is 4. The molecule has 0 unspecified atom stereocenters. The van der Waals surface area contributed by atoms with Crippen molar-refractivity contribution < 1.29 is 4.74 Å². The summed E-state index contributed by atoms with van der Waals surface area (Å²) in [6.07, 6.45) is 0. The molecular formula is C17H14BrN5O2. The van der Waals surface area contributed by atoms with Crippen molar-refractivity contribution in [2.75, 3.05) is 0 Å². The lowest BCUT2D eigenvalue weighted by molar-refractivity contribution is 0.304. The van der Waals surface area contributed by atoms with Crippen molar-refractivity contribution >= 4 is 15.9 Å². The lowest BCUT2D eigenvalue weighted by atomic mass is 10.1. The molecule has 1 heterocycles. The van der Waals surface area contributed by atoms with Crippen LogP contribution in [0, 0.1) is 18.3 Å². The molecule has 1 aromatic heterocycles. The fraction of sp³-hybridized carbons (Fsp3) is 0.176. The van der Waals surface area contributed by atoms with Crippen molar-refractivity contribution in [3.8, 4) is 17.5 Å². The van der Waals surface area contributed by atoms with Gasteiger partial charge >= 0.3 is 5.69 Å². The molecule has 2 aromatic carbocycles. The normalized spacial score (nSPS) is 10.5. The van der Waals surface area contributed by atoms with Gasteiger partial charge in [0.25, 0.3) is 0 Å². The minimum atomic E-state index is -0.340. The molecular weight excluding hydrogens is 386 g/mol. The largest absolute Gasteiger partial charge is 0.487 e. The zero-order valence-corrected chi connectivity index (χ0v) is 15.2. The Morgan fingerprint density at radius 2 is 2.08 bits per heavy atom. The summed E-state index contributed by atoms with van der Waals surface area (Å²) in [6, 6.07) is 12.9. The molecule has 7 nitrogen and oxygen atoms in total. The molecule has 126 valence electrons. The standard InChI is InChI=1S/C17H14BrN5O2/c1-11-4-3-5-15(23-17(24)22(2)20-21-23)14(11)10-25-16-7-6-13(18)8-12(16)9-19/h3-8H,10H2,1-2H3. The number of tetrazole rings is 1. The molecule has 0 N–H and O–H groups in total. The summed E-state index contributed by atoms with van der Waals surface area (Å²) in [4.78, 5) is 12.2. The van der Waals surface area contributed by atoms with Crippen LogP contribution >= 0.6 is 15.9 Å². The van der Waals surface area contributed by atoms with Crippen LogP contribution in [0.5, 0.6) is 5.75 Å². The highest BCUT2D eigenvalue weighted by molar-refractivity contribution is 9.10. The Morgan fingerprint density at radius 1 is 1.28 bits per heavy atom. The Bertz CT molecular complexity index is 1030. The van der Waals surface area contributed by atoms with Crippen LogP contribution in [0.3, 0.4) is 0 Å². The number of nitriles is 1. The molecule has 25 heavy (non-hydrogen) atoms. The zero-order valence-electron chi connectivity index (χ0n) is 13.6. The lowest BCUT2D eigenvalue weighted by Crippen LogP contribution is -2.23. The fourth-order valence-corrected chi connectivity index (χ4v) is 2.76. The highest BCUT2D eigenvalue weighted by Crippen LogP contribution is 2.25. The van der Waals surface area contributed by atoms with Crippen molar-refractivity contribution in [3.05, 3.63) is 68.0 Å². The summed E-state index contributed by atoms with van der Waals surface area (Å²) in [7, 11) is 1.54. The van der Waals surface area contributed by atoms with E-state index >= 15 is 0 Å². The van der Waals surface area contributed by atoms with Crippen LogP contribution in [-0.2, 0) is 13.7 Å². The molecule has 0 saturated heterocycles. The van der Waals surface area contributed by atoms with Crippen LogP contribution in [0.25, 0.3) is 5.69 Å². The van der Waals surface area contributed by atoms with E-state index in [1.165, 1.54) is 4.68 Å². The van der Waals surface area contributed by atoms with Gasteiger partial charge in [-0.25, -0.2) is 4.79 Å². The molecule has 0 aliphatic rings. The second-order valence-electron chi connectivity index (χ2n) is 5.41. The first-order valence-corrected chi connectivity index (χ1v) is 8.21. The monoisotopic (exact) mass is 399 g/mol. The second-order valence-corrected chi connectivity index (χ2v) is 6.33. The number of benzene rings is 2. The topological polar surface area (TPSA) is 85.7 Å². The van der Waals surface area contributed by atoms with Crippen LogP contribution in [0.15, 0.2) is 45.7 Å².